The van der Waals surface area contributed by atoms with Crippen molar-refractivity contribution in [2.45, 2.75) is 25.3 Å². The molecule has 1 aromatic rings. The third kappa shape index (κ3) is 3.09. The van der Waals surface area contributed by atoms with Gasteiger partial charge in [0.25, 0.3) is 5.91 Å². The number of rotatable bonds is 2. The molecule has 4 nitrogen and oxygen atoms in total. The number of carboxylic acid groups (broad SMARTS) is 1. The van der Waals surface area contributed by atoms with Crippen LogP contribution in [0.5, 0.6) is 0 Å². The maximum atomic E-state index is 12.4. The minimum atomic E-state index is -0.957. The van der Waals surface area contributed by atoms with Crippen molar-refractivity contribution in [1.82, 2.24) is 4.90 Å². The molecule has 0 unspecified atom stereocenters. The molecule has 6 heteroatoms. The lowest BCUT2D eigenvalue weighted by atomic mass is 10.0. The van der Waals surface area contributed by atoms with E-state index < -0.39 is 12.0 Å². The third-order valence-electron chi connectivity index (χ3n) is 3.21. The topological polar surface area (TPSA) is 57.6 Å². The van der Waals surface area contributed by atoms with E-state index in [0.717, 1.165) is 17.3 Å². The van der Waals surface area contributed by atoms with E-state index in [1.807, 2.05) is 0 Å². The Hall–Kier alpha value is -1.07. The molecular weight excluding hydrogens is 334 g/mol. The average Bonchev–Trinajstić information content (AvgIpc) is 2.38. The van der Waals surface area contributed by atoms with Gasteiger partial charge >= 0.3 is 5.97 Å². The molecule has 0 bridgehead atoms. The number of benzene rings is 1. The lowest BCUT2D eigenvalue weighted by Crippen LogP contribution is -2.48. The second kappa shape index (κ2) is 5.92. The van der Waals surface area contributed by atoms with Gasteiger partial charge in [0.2, 0.25) is 0 Å². The fourth-order valence-electron chi connectivity index (χ4n) is 2.25. The number of aliphatic carboxylic acids is 1. The molecule has 1 aromatic carbocycles. The Morgan fingerprint density at radius 2 is 2.11 bits per heavy atom. The van der Waals surface area contributed by atoms with Gasteiger partial charge in [0.15, 0.2) is 0 Å². The number of halogens is 2. The molecule has 1 fully saturated rings. The summed E-state index contributed by atoms with van der Waals surface area (Å²) in [7, 11) is 0. The van der Waals surface area contributed by atoms with Crippen molar-refractivity contribution < 1.29 is 14.7 Å². The molecule has 1 N–H and O–H groups in total. The number of likely N-dealkylation sites (tertiary alicyclic amines) is 1. The van der Waals surface area contributed by atoms with E-state index in [2.05, 4.69) is 15.9 Å². The number of hydrogen-bond acceptors (Lipinski definition) is 2. The van der Waals surface area contributed by atoms with E-state index in [1.165, 1.54) is 4.90 Å². The van der Waals surface area contributed by atoms with Crippen LogP contribution in [0.2, 0.25) is 5.02 Å². The molecular formula is C13H13BrClNO3. The molecule has 1 amide bonds. The van der Waals surface area contributed by atoms with E-state index in [4.69, 9.17) is 11.6 Å². The predicted molar refractivity (Wildman–Crippen MR) is 75.5 cm³/mol. The van der Waals surface area contributed by atoms with Gasteiger partial charge in [-0.1, -0.05) is 27.5 Å². The molecule has 0 aliphatic carbocycles. The van der Waals surface area contributed by atoms with Crippen LogP contribution >= 0.6 is 27.5 Å². The predicted octanol–water partition coefficient (Wildman–Crippen LogP) is 3.18. The van der Waals surface area contributed by atoms with Crippen molar-refractivity contribution >= 4 is 39.4 Å². The van der Waals surface area contributed by atoms with Crippen molar-refractivity contribution in [3.05, 3.63) is 33.3 Å². The lowest BCUT2D eigenvalue weighted by Gasteiger charge is -2.33. The van der Waals surface area contributed by atoms with Gasteiger partial charge < -0.3 is 10.0 Å². The quantitative estimate of drug-likeness (QED) is 0.895. The van der Waals surface area contributed by atoms with Gasteiger partial charge in [-0.05, 0) is 37.5 Å². The van der Waals surface area contributed by atoms with Crippen molar-refractivity contribution in [3.63, 3.8) is 0 Å². The maximum Gasteiger partial charge on any atom is 0.326 e. The monoisotopic (exact) mass is 345 g/mol. The highest BCUT2D eigenvalue weighted by Gasteiger charge is 2.33. The first kappa shape index (κ1) is 14.3. The summed E-state index contributed by atoms with van der Waals surface area (Å²) < 4.78 is 0.780. The summed E-state index contributed by atoms with van der Waals surface area (Å²) in [5, 5.41) is 9.51. The van der Waals surface area contributed by atoms with Gasteiger partial charge in [-0.3, -0.25) is 4.79 Å². The molecule has 19 heavy (non-hydrogen) atoms. The van der Waals surface area contributed by atoms with Gasteiger partial charge in [0.1, 0.15) is 6.04 Å². The Labute approximate surface area is 124 Å². The molecule has 102 valence electrons. The normalized spacial score (nSPS) is 19.3. The third-order valence-corrected chi connectivity index (χ3v) is 4.02. The average molecular weight is 347 g/mol. The maximum absolute atomic E-state index is 12.4. The van der Waals surface area contributed by atoms with Crippen LogP contribution in [-0.2, 0) is 4.79 Å². The first-order chi connectivity index (χ1) is 9.00. The van der Waals surface area contributed by atoms with Gasteiger partial charge in [0, 0.05) is 11.0 Å². The summed E-state index contributed by atoms with van der Waals surface area (Å²) in [6, 6.07) is 4.22. The molecule has 0 radical (unpaired) electrons. The molecule has 1 atom stereocenters. The van der Waals surface area contributed by atoms with Gasteiger partial charge in [-0.2, -0.15) is 0 Å². The second-order valence-electron chi connectivity index (χ2n) is 4.47. The number of carbonyl (C=O) groups is 2. The highest BCUT2D eigenvalue weighted by atomic mass is 79.9. The van der Waals surface area contributed by atoms with E-state index in [9.17, 15) is 14.7 Å². The Morgan fingerprint density at radius 1 is 1.37 bits per heavy atom. The number of nitrogens with zero attached hydrogens (tertiary/aromatic N) is 1. The van der Waals surface area contributed by atoms with Crippen molar-refractivity contribution in [1.29, 1.82) is 0 Å². The van der Waals surface area contributed by atoms with Crippen LogP contribution in [0.4, 0.5) is 0 Å². The number of piperidine rings is 1. The van der Waals surface area contributed by atoms with E-state index in [0.29, 0.717) is 23.6 Å². The number of amides is 1. The molecule has 0 aromatic heterocycles. The van der Waals surface area contributed by atoms with Gasteiger partial charge in [0.05, 0.1) is 10.6 Å². The fraction of sp³-hybridized carbons (Fsp3) is 0.385. The number of hydrogen-bond donors (Lipinski definition) is 1. The van der Waals surface area contributed by atoms with Crippen LogP contribution in [0.15, 0.2) is 22.7 Å². The van der Waals surface area contributed by atoms with Gasteiger partial charge in [-0.25, -0.2) is 4.79 Å². The summed E-state index contributed by atoms with van der Waals surface area (Å²) >= 11 is 9.32. The van der Waals surface area contributed by atoms with Crippen molar-refractivity contribution in [3.8, 4) is 0 Å². The van der Waals surface area contributed by atoms with Crippen LogP contribution in [0.25, 0.3) is 0 Å². The van der Waals surface area contributed by atoms with Crippen molar-refractivity contribution in [2.24, 2.45) is 0 Å². The van der Waals surface area contributed by atoms with E-state index >= 15 is 0 Å². The largest absolute Gasteiger partial charge is 0.480 e. The SMILES string of the molecule is O=C(O)[C@H]1CCCCN1C(=O)c1ccc(Br)cc1Cl. The minimum absolute atomic E-state index is 0.315. The minimum Gasteiger partial charge on any atom is -0.480 e. The molecule has 0 saturated carbocycles. The molecule has 1 saturated heterocycles. The molecule has 1 heterocycles. The van der Waals surface area contributed by atoms with Crippen LogP contribution in [0.1, 0.15) is 29.6 Å². The zero-order valence-corrected chi connectivity index (χ0v) is 12.4. The Morgan fingerprint density at radius 3 is 2.74 bits per heavy atom. The van der Waals surface area contributed by atoms with Crippen LogP contribution in [0.3, 0.4) is 0 Å². The first-order valence-corrected chi connectivity index (χ1v) is 7.16. The van der Waals surface area contributed by atoms with Crippen molar-refractivity contribution in [2.75, 3.05) is 6.54 Å². The summed E-state index contributed by atoms with van der Waals surface area (Å²) in [4.78, 5) is 25.0. The zero-order chi connectivity index (χ0) is 14.0. The van der Waals surface area contributed by atoms with Crippen LogP contribution in [0, 0.1) is 0 Å². The van der Waals surface area contributed by atoms with Gasteiger partial charge in [-0.15, -0.1) is 0 Å². The Bertz CT molecular complexity index is 521. The van der Waals surface area contributed by atoms with Crippen LogP contribution in [-0.4, -0.2) is 34.5 Å². The standard InChI is InChI=1S/C13H13BrClNO3/c14-8-4-5-9(10(15)7-8)12(17)16-6-2-1-3-11(16)13(18)19/h4-5,7,11H,1-3,6H2,(H,18,19)/t11-/m1/s1. The van der Waals surface area contributed by atoms with Crippen LogP contribution < -0.4 is 0 Å². The first-order valence-electron chi connectivity index (χ1n) is 5.99. The molecule has 1 aliphatic heterocycles. The number of carboxylic acids is 1. The second-order valence-corrected chi connectivity index (χ2v) is 5.80. The van der Waals surface area contributed by atoms with E-state index in [1.54, 1.807) is 18.2 Å². The Balaban J connectivity index is 2.28. The summed E-state index contributed by atoms with van der Waals surface area (Å²) in [5.74, 6) is -1.27. The summed E-state index contributed by atoms with van der Waals surface area (Å²) in [5.41, 5.74) is 0.345. The molecule has 1 aliphatic rings. The Kier molecular flexibility index (Phi) is 4.47. The fourth-order valence-corrected chi connectivity index (χ4v) is 3.00. The zero-order valence-electron chi connectivity index (χ0n) is 10.1. The smallest absolute Gasteiger partial charge is 0.326 e. The number of carbonyl (C=O) groups excluding carboxylic acids is 1. The van der Waals surface area contributed by atoms with E-state index in [-0.39, 0.29) is 5.91 Å². The highest BCUT2D eigenvalue weighted by molar-refractivity contribution is 9.10. The summed E-state index contributed by atoms with van der Waals surface area (Å²) in [6.45, 7) is 0.461. The molecule has 2 rings (SSSR count). The molecule has 0 spiro atoms. The lowest BCUT2D eigenvalue weighted by molar-refractivity contribution is -0.143. The highest BCUT2D eigenvalue weighted by Crippen LogP contribution is 2.26. The summed E-state index contributed by atoms with van der Waals surface area (Å²) in [6.07, 6.45) is 2.15.